The van der Waals surface area contributed by atoms with Gasteiger partial charge in [-0.05, 0) is 32.8 Å². The van der Waals surface area contributed by atoms with Crippen LogP contribution in [0, 0.1) is 13.8 Å². The monoisotopic (exact) mass is 333 g/mol. The van der Waals surface area contributed by atoms with Crippen LogP contribution in [-0.4, -0.2) is 37.3 Å². The van der Waals surface area contributed by atoms with Crippen molar-refractivity contribution in [2.75, 3.05) is 5.75 Å². The first kappa shape index (κ1) is 16.2. The van der Waals surface area contributed by atoms with E-state index < -0.39 is 0 Å². The summed E-state index contributed by atoms with van der Waals surface area (Å²) >= 11 is 1.37. The third kappa shape index (κ3) is 4.22. The predicted octanol–water partition coefficient (Wildman–Crippen LogP) is 2.67. The van der Waals surface area contributed by atoms with Crippen molar-refractivity contribution in [1.82, 2.24) is 24.9 Å². The summed E-state index contributed by atoms with van der Waals surface area (Å²) in [6.07, 6.45) is 7.22. The number of fused-ring (bicyclic) bond motifs is 1. The Morgan fingerprint density at radius 2 is 2.00 bits per heavy atom. The summed E-state index contributed by atoms with van der Waals surface area (Å²) in [6.45, 7) is 3.91. The number of aromatic nitrogens is 4. The highest BCUT2D eigenvalue weighted by molar-refractivity contribution is 7.99. The molecule has 0 aliphatic heterocycles. The van der Waals surface area contributed by atoms with E-state index in [1.807, 2.05) is 19.9 Å². The third-order valence-electron chi connectivity index (χ3n) is 4.15. The summed E-state index contributed by atoms with van der Waals surface area (Å²) < 4.78 is 1.72. The quantitative estimate of drug-likeness (QED) is 0.688. The molecular weight excluding hydrogens is 310 g/mol. The average molecular weight is 333 g/mol. The minimum atomic E-state index is 0.0709. The van der Waals surface area contributed by atoms with Crippen LogP contribution >= 0.6 is 11.8 Å². The molecule has 0 atom stereocenters. The maximum atomic E-state index is 12.1. The summed E-state index contributed by atoms with van der Waals surface area (Å²) in [4.78, 5) is 20.9. The van der Waals surface area contributed by atoms with Crippen LogP contribution in [0.2, 0.25) is 0 Å². The highest BCUT2D eigenvalue weighted by Crippen LogP contribution is 2.18. The fourth-order valence-electron chi connectivity index (χ4n) is 3.03. The lowest BCUT2D eigenvalue weighted by molar-refractivity contribution is -0.119. The molecule has 7 heteroatoms. The summed E-state index contributed by atoms with van der Waals surface area (Å²) in [6, 6.07) is 2.31. The topological polar surface area (TPSA) is 72.2 Å². The number of hydrogen-bond acceptors (Lipinski definition) is 5. The summed E-state index contributed by atoms with van der Waals surface area (Å²) in [5, 5.41) is 8.16. The minimum absolute atomic E-state index is 0.0709. The van der Waals surface area contributed by atoms with E-state index in [-0.39, 0.29) is 5.91 Å². The summed E-state index contributed by atoms with van der Waals surface area (Å²) in [5.74, 6) is 1.02. The van der Waals surface area contributed by atoms with E-state index in [0.29, 0.717) is 22.7 Å². The van der Waals surface area contributed by atoms with Crippen LogP contribution in [0.3, 0.4) is 0 Å². The second-order valence-electron chi connectivity index (χ2n) is 6.19. The molecule has 2 aromatic rings. The van der Waals surface area contributed by atoms with Gasteiger partial charge in [-0.25, -0.2) is 9.50 Å². The first-order valence-corrected chi connectivity index (χ1v) is 9.23. The van der Waals surface area contributed by atoms with Crippen molar-refractivity contribution in [2.24, 2.45) is 0 Å². The van der Waals surface area contributed by atoms with Crippen LogP contribution in [0.15, 0.2) is 11.2 Å². The number of rotatable bonds is 4. The number of nitrogens with zero attached hydrogens (tertiary/aromatic N) is 4. The molecule has 6 nitrogen and oxygen atoms in total. The molecule has 0 radical (unpaired) electrons. The number of nitrogens with one attached hydrogen (secondary N) is 1. The number of carbonyl (C=O) groups excluding carboxylic acids is 1. The first-order valence-electron chi connectivity index (χ1n) is 8.25. The zero-order valence-corrected chi connectivity index (χ0v) is 14.5. The summed E-state index contributed by atoms with van der Waals surface area (Å²) in [5.41, 5.74) is 1.92. The molecule has 1 amide bonds. The molecule has 1 aliphatic rings. The van der Waals surface area contributed by atoms with Crippen molar-refractivity contribution in [2.45, 2.75) is 63.6 Å². The molecule has 1 aliphatic carbocycles. The lowest BCUT2D eigenvalue weighted by atomic mass is 10.1. The van der Waals surface area contributed by atoms with E-state index in [9.17, 15) is 4.79 Å². The average Bonchev–Trinajstić information content (AvgIpc) is 2.74. The van der Waals surface area contributed by atoms with Crippen LogP contribution in [0.5, 0.6) is 0 Å². The van der Waals surface area contributed by atoms with E-state index in [1.54, 1.807) is 4.52 Å². The second kappa shape index (κ2) is 7.29. The Morgan fingerprint density at radius 3 is 2.74 bits per heavy atom. The zero-order chi connectivity index (χ0) is 16.2. The summed E-state index contributed by atoms with van der Waals surface area (Å²) in [7, 11) is 0. The normalized spacial score (nSPS) is 16.4. The number of hydrogen-bond donors (Lipinski definition) is 1. The van der Waals surface area contributed by atoms with Crippen molar-refractivity contribution < 1.29 is 4.79 Å². The highest BCUT2D eigenvalue weighted by Gasteiger charge is 2.16. The second-order valence-corrected chi connectivity index (χ2v) is 7.13. The molecule has 3 rings (SSSR count). The Bertz CT molecular complexity index is 691. The van der Waals surface area contributed by atoms with Gasteiger partial charge in [0.25, 0.3) is 5.78 Å². The molecule has 23 heavy (non-hydrogen) atoms. The number of carbonyl (C=O) groups is 1. The zero-order valence-electron chi connectivity index (χ0n) is 13.7. The van der Waals surface area contributed by atoms with Gasteiger partial charge in [0.2, 0.25) is 11.1 Å². The maximum absolute atomic E-state index is 12.1. The molecule has 2 aromatic heterocycles. The molecule has 0 unspecified atom stereocenters. The Balaban J connectivity index is 1.57. The molecule has 0 spiro atoms. The van der Waals surface area contributed by atoms with Gasteiger partial charge >= 0.3 is 0 Å². The lowest BCUT2D eigenvalue weighted by Crippen LogP contribution is -2.35. The van der Waals surface area contributed by atoms with Crippen LogP contribution in [0.25, 0.3) is 5.78 Å². The van der Waals surface area contributed by atoms with Crippen LogP contribution in [0.1, 0.15) is 49.9 Å². The van der Waals surface area contributed by atoms with Crippen molar-refractivity contribution in [3.63, 3.8) is 0 Å². The largest absolute Gasteiger partial charge is 0.353 e. The molecule has 1 saturated carbocycles. The van der Waals surface area contributed by atoms with Gasteiger partial charge in [-0.3, -0.25) is 4.79 Å². The van der Waals surface area contributed by atoms with Gasteiger partial charge in [-0.1, -0.05) is 37.4 Å². The van der Waals surface area contributed by atoms with Gasteiger partial charge in [-0.15, -0.1) is 5.10 Å². The lowest BCUT2D eigenvalue weighted by Gasteiger charge is -2.15. The van der Waals surface area contributed by atoms with Gasteiger partial charge < -0.3 is 5.32 Å². The smallest absolute Gasteiger partial charge is 0.253 e. The fraction of sp³-hybridized carbons (Fsp3) is 0.625. The van der Waals surface area contributed by atoms with E-state index >= 15 is 0 Å². The van der Waals surface area contributed by atoms with Gasteiger partial charge in [0.1, 0.15) is 0 Å². The number of amides is 1. The van der Waals surface area contributed by atoms with Gasteiger partial charge in [0.05, 0.1) is 5.75 Å². The third-order valence-corrected chi connectivity index (χ3v) is 4.99. The molecule has 1 N–H and O–H groups in total. The molecule has 0 bridgehead atoms. The molecule has 0 aromatic carbocycles. The number of thioether (sulfide) groups is 1. The van der Waals surface area contributed by atoms with Crippen LogP contribution in [0.4, 0.5) is 0 Å². The van der Waals surface area contributed by atoms with Crippen molar-refractivity contribution in [1.29, 1.82) is 0 Å². The van der Waals surface area contributed by atoms with Crippen molar-refractivity contribution in [3.8, 4) is 0 Å². The molecule has 2 heterocycles. The Labute approximate surface area is 140 Å². The molecular formula is C16H23N5OS. The van der Waals surface area contributed by atoms with Gasteiger partial charge in [-0.2, -0.15) is 4.98 Å². The maximum Gasteiger partial charge on any atom is 0.253 e. The standard InChI is InChI=1S/C16H23N5OS/c1-11-9-12(2)21-15(17-11)19-16(20-21)23-10-14(22)18-13-7-5-3-4-6-8-13/h9,13H,3-8,10H2,1-2H3,(H,18,22). The fourth-order valence-corrected chi connectivity index (χ4v) is 3.66. The van der Waals surface area contributed by atoms with E-state index in [2.05, 4.69) is 20.4 Å². The van der Waals surface area contributed by atoms with Gasteiger partial charge in [0.15, 0.2) is 0 Å². The number of aryl methyl sites for hydroxylation is 2. The minimum Gasteiger partial charge on any atom is -0.353 e. The Hall–Kier alpha value is -1.63. The molecule has 124 valence electrons. The Morgan fingerprint density at radius 1 is 1.26 bits per heavy atom. The van der Waals surface area contributed by atoms with Crippen LogP contribution in [-0.2, 0) is 4.79 Å². The Kier molecular flexibility index (Phi) is 5.15. The SMILES string of the molecule is Cc1cc(C)n2nc(SCC(=O)NC3CCCCCC3)nc2n1. The van der Waals surface area contributed by atoms with E-state index in [0.717, 1.165) is 24.2 Å². The molecule has 0 saturated heterocycles. The van der Waals surface area contributed by atoms with Crippen molar-refractivity contribution in [3.05, 3.63) is 17.5 Å². The van der Waals surface area contributed by atoms with E-state index in [1.165, 1.54) is 37.4 Å². The van der Waals surface area contributed by atoms with Crippen LogP contribution < -0.4 is 5.32 Å². The predicted molar refractivity (Wildman–Crippen MR) is 90.6 cm³/mol. The van der Waals surface area contributed by atoms with Crippen molar-refractivity contribution >= 4 is 23.4 Å². The highest BCUT2D eigenvalue weighted by atomic mass is 32.2. The van der Waals surface area contributed by atoms with Gasteiger partial charge in [0, 0.05) is 17.4 Å². The first-order chi connectivity index (χ1) is 11.1. The molecule has 1 fully saturated rings. The van der Waals surface area contributed by atoms with E-state index in [4.69, 9.17) is 0 Å².